The number of ether oxygens (including phenoxy) is 1. The molecule has 3 aromatic rings. The van der Waals surface area contributed by atoms with E-state index in [1.54, 1.807) is 47.4 Å². The standard InChI is InChI=1S/C23H22N4O3/c1-15-14-26(22(28)16-6-4-3-5-7-16)10-11-27(15)23(29)18-13-25-21-17(12-24)8-9-19(30-2)20(18)21/h3-9,13,15,25H,10-11,14H2,1-2H3/t15-/m1/s1. The number of carbonyl (C=O) groups excluding carboxylic acids is 2. The number of nitrogens with one attached hydrogen (secondary N) is 1. The van der Waals surface area contributed by atoms with Crippen LogP contribution in [0.1, 0.15) is 33.2 Å². The van der Waals surface area contributed by atoms with Gasteiger partial charge in [0.05, 0.1) is 29.1 Å². The molecule has 2 amide bonds. The molecule has 1 saturated heterocycles. The van der Waals surface area contributed by atoms with Gasteiger partial charge in [0.15, 0.2) is 0 Å². The number of piperazine rings is 1. The van der Waals surface area contributed by atoms with Gasteiger partial charge in [-0.1, -0.05) is 18.2 Å². The Hall–Kier alpha value is -3.79. The van der Waals surface area contributed by atoms with Crippen LogP contribution in [0.25, 0.3) is 10.9 Å². The number of nitriles is 1. The van der Waals surface area contributed by atoms with Crippen molar-refractivity contribution in [3.05, 3.63) is 65.4 Å². The number of aromatic amines is 1. The van der Waals surface area contributed by atoms with Crippen LogP contribution in [0.4, 0.5) is 0 Å². The number of aromatic nitrogens is 1. The number of benzene rings is 2. The molecular formula is C23H22N4O3. The molecule has 2 aromatic carbocycles. The fraction of sp³-hybridized carbons (Fsp3) is 0.261. The van der Waals surface area contributed by atoms with Gasteiger partial charge in [0.25, 0.3) is 11.8 Å². The minimum atomic E-state index is -0.144. The second kappa shape index (κ2) is 7.91. The first kappa shape index (κ1) is 19.5. The summed E-state index contributed by atoms with van der Waals surface area (Å²) in [5.74, 6) is 0.370. The highest BCUT2D eigenvalue weighted by atomic mass is 16.5. The van der Waals surface area contributed by atoms with Gasteiger partial charge in [0.2, 0.25) is 0 Å². The number of carbonyl (C=O) groups is 2. The first-order valence-corrected chi connectivity index (χ1v) is 9.78. The maximum Gasteiger partial charge on any atom is 0.256 e. The number of hydrogen-bond donors (Lipinski definition) is 1. The van der Waals surface area contributed by atoms with Crippen molar-refractivity contribution >= 4 is 22.7 Å². The molecule has 1 N–H and O–H groups in total. The van der Waals surface area contributed by atoms with Crippen molar-refractivity contribution in [2.24, 2.45) is 0 Å². The summed E-state index contributed by atoms with van der Waals surface area (Å²) in [4.78, 5) is 32.7. The summed E-state index contributed by atoms with van der Waals surface area (Å²) in [5.41, 5.74) is 2.16. The molecule has 0 spiro atoms. The molecule has 1 aliphatic rings. The summed E-state index contributed by atoms with van der Waals surface area (Å²) in [6.45, 7) is 3.30. The van der Waals surface area contributed by atoms with Gasteiger partial charge in [-0.25, -0.2) is 0 Å². The molecule has 152 valence electrons. The molecule has 0 bridgehead atoms. The van der Waals surface area contributed by atoms with Crippen LogP contribution in [0.3, 0.4) is 0 Å². The summed E-state index contributed by atoms with van der Waals surface area (Å²) in [5, 5.41) is 9.98. The summed E-state index contributed by atoms with van der Waals surface area (Å²) in [7, 11) is 1.54. The molecule has 1 fully saturated rings. The van der Waals surface area contributed by atoms with Crippen LogP contribution in [-0.2, 0) is 0 Å². The van der Waals surface area contributed by atoms with Crippen LogP contribution < -0.4 is 4.74 Å². The van der Waals surface area contributed by atoms with E-state index in [0.29, 0.717) is 53.0 Å². The van der Waals surface area contributed by atoms with E-state index in [1.165, 1.54) is 0 Å². The Bertz CT molecular complexity index is 1150. The van der Waals surface area contributed by atoms with Crippen molar-refractivity contribution in [1.29, 1.82) is 5.26 Å². The van der Waals surface area contributed by atoms with Gasteiger partial charge in [-0.3, -0.25) is 9.59 Å². The Kier molecular flexibility index (Phi) is 5.15. The fourth-order valence-corrected chi connectivity index (χ4v) is 4.01. The minimum absolute atomic E-state index is 0.0259. The maximum absolute atomic E-state index is 13.4. The quantitative estimate of drug-likeness (QED) is 0.729. The van der Waals surface area contributed by atoms with Gasteiger partial charge in [-0.2, -0.15) is 5.26 Å². The molecule has 0 aliphatic carbocycles. The SMILES string of the molecule is COc1ccc(C#N)c2[nH]cc(C(=O)N3CCN(C(=O)c4ccccc4)C[C@H]3C)c12. The van der Waals surface area contributed by atoms with Crippen LogP contribution in [0, 0.1) is 11.3 Å². The fourth-order valence-electron chi connectivity index (χ4n) is 4.01. The molecule has 1 aromatic heterocycles. The van der Waals surface area contributed by atoms with E-state index in [1.807, 2.05) is 25.1 Å². The van der Waals surface area contributed by atoms with E-state index in [9.17, 15) is 14.9 Å². The molecule has 2 heterocycles. The molecule has 0 unspecified atom stereocenters. The lowest BCUT2D eigenvalue weighted by molar-refractivity contribution is 0.0415. The van der Waals surface area contributed by atoms with Gasteiger partial charge in [-0.05, 0) is 31.2 Å². The Morgan fingerprint density at radius 3 is 2.57 bits per heavy atom. The van der Waals surface area contributed by atoms with Gasteiger partial charge in [0, 0.05) is 37.4 Å². The highest BCUT2D eigenvalue weighted by Crippen LogP contribution is 2.32. The van der Waals surface area contributed by atoms with Crippen molar-refractivity contribution < 1.29 is 14.3 Å². The summed E-state index contributed by atoms with van der Waals surface area (Å²) in [6.07, 6.45) is 1.63. The molecule has 30 heavy (non-hydrogen) atoms. The van der Waals surface area contributed by atoms with E-state index in [0.717, 1.165) is 0 Å². The summed E-state index contributed by atoms with van der Waals surface area (Å²) < 4.78 is 5.43. The average molecular weight is 402 g/mol. The van der Waals surface area contributed by atoms with E-state index >= 15 is 0 Å². The van der Waals surface area contributed by atoms with E-state index < -0.39 is 0 Å². The Morgan fingerprint density at radius 1 is 1.13 bits per heavy atom. The molecule has 0 radical (unpaired) electrons. The largest absolute Gasteiger partial charge is 0.496 e. The molecule has 0 saturated carbocycles. The topological polar surface area (TPSA) is 89.4 Å². The van der Waals surface area contributed by atoms with Crippen LogP contribution in [0.2, 0.25) is 0 Å². The van der Waals surface area contributed by atoms with Crippen LogP contribution in [0.5, 0.6) is 5.75 Å². The lowest BCUT2D eigenvalue weighted by Crippen LogP contribution is -2.55. The number of H-pyrrole nitrogens is 1. The predicted molar refractivity (Wildman–Crippen MR) is 112 cm³/mol. The summed E-state index contributed by atoms with van der Waals surface area (Å²) >= 11 is 0. The highest BCUT2D eigenvalue weighted by molar-refractivity contribution is 6.10. The second-order valence-corrected chi connectivity index (χ2v) is 7.34. The monoisotopic (exact) mass is 402 g/mol. The predicted octanol–water partition coefficient (Wildman–Crippen LogP) is 3.03. The molecule has 7 heteroatoms. The number of nitrogens with zero attached hydrogens (tertiary/aromatic N) is 3. The van der Waals surface area contributed by atoms with E-state index in [-0.39, 0.29) is 17.9 Å². The zero-order valence-electron chi connectivity index (χ0n) is 16.9. The van der Waals surface area contributed by atoms with Gasteiger partial charge in [0.1, 0.15) is 11.8 Å². The van der Waals surface area contributed by atoms with Crippen molar-refractivity contribution in [2.75, 3.05) is 26.7 Å². The molecule has 1 atom stereocenters. The maximum atomic E-state index is 13.4. The molecule has 4 rings (SSSR count). The van der Waals surface area contributed by atoms with Crippen molar-refractivity contribution in [1.82, 2.24) is 14.8 Å². The number of methoxy groups -OCH3 is 1. The first-order valence-electron chi connectivity index (χ1n) is 9.78. The molecule has 7 nitrogen and oxygen atoms in total. The third kappa shape index (κ3) is 3.26. The smallest absolute Gasteiger partial charge is 0.256 e. The van der Waals surface area contributed by atoms with Crippen molar-refractivity contribution in [2.45, 2.75) is 13.0 Å². The highest BCUT2D eigenvalue weighted by Gasteiger charge is 2.32. The first-order chi connectivity index (χ1) is 14.5. The van der Waals surface area contributed by atoms with Crippen molar-refractivity contribution in [3.8, 4) is 11.8 Å². The number of rotatable bonds is 3. The minimum Gasteiger partial charge on any atom is -0.496 e. The lowest BCUT2D eigenvalue weighted by Gasteiger charge is -2.40. The second-order valence-electron chi connectivity index (χ2n) is 7.34. The summed E-state index contributed by atoms with van der Waals surface area (Å²) in [6, 6.07) is 14.5. The molecular weight excluding hydrogens is 380 g/mol. The van der Waals surface area contributed by atoms with Gasteiger partial charge >= 0.3 is 0 Å². The van der Waals surface area contributed by atoms with Crippen LogP contribution in [-0.4, -0.2) is 59.4 Å². The van der Waals surface area contributed by atoms with Crippen molar-refractivity contribution in [3.63, 3.8) is 0 Å². The third-order valence-electron chi connectivity index (χ3n) is 5.56. The third-order valence-corrected chi connectivity index (χ3v) is 5.56. The Balaban J connectivity index is 1.58. The normalized spacial score (nSPS) is 16.4. The number of hydrogen-bond acceptors (Lipinski definition) is 4. The van der Waals surface area contributed by atoms with Crippen LogP contribution >= 0.6 is 0 Å². The Labute approximate surface area is 174 Å². The van der Waals surface area contributed by atoms with E-state index in [2.05, 4.69) is 11.1 Å². The number of fused-ring (bicyclic) bond motifs is 1. The zero-order chi connectivity index (χ0) is 21.3. The number of amides is 2. The van der Waals surface area contributed by atoms with E-state index in [4.69, 9.17) is 4.74 Å². The lowest BCUT2D eigenvalue weighted by atomic mass is 10.1. The van der Waals surface area contributed by atoms with Gasteiger partial charge in [-0.15, -0.1) is 0 Å². The average Bonchev–Trinajstić information content (AvgIpc) is 3.23. The van der Waals surface area contributed by atoms with Gasteiger partial charge < -0.3 is 19.5 Å². The Morgan fingerprint density at radius 2 is 1.90 bits per heavy atom. The van der Waals surface area contributed by atoms with Crippen LogP contribution in [0.15, 0.2) is 48.7 Å². The zero-order valence-corrected chi connectivity index (χ0v) is 16.9. The molecule has 1 aliphatic heterocycles.